The molecule has 4 aliphatic rings. The number of hydrogen-bond acceptors (Lipinski definition) is 5. The standard InChI is InChI=1S/C86H48N8O/c1-88-52-27-34-77-68(41-52)61-19-11-13-25-75(61)93(77)54-28-31-70-80(43-54)95-81-44-55(94-78-35-30-53(42-69(78)62-36-37-89-48-79(62)94)92-74-24-12-10-18-60(74)67-38-49(45-87)26-33-76(67)92)29-32-71(81)86(70)72-39-50(82-63-20-6-2-14-56(63)57-15-3-7-21-64(57)82)46-90-84(72)85-73(86)40-51(47-91-85)83-65-22-8-4-16-58(65)59-17-5-9-23-66(59)83/h2-44,46-48,82-83H. The van der Waals surface area contributed by atoms with Gasteiger partial charge in [0.15, 0.2) is 5.69 Å². The molecule has 0 unspecified atom stereocenters. The predicted octanol–water partition coefficient (Wildman–Crippen LogP) is 20.4. The second-order valence-corrected chi connectivity index (χ2v) is 25.5. The number of para-hydroxylation sites is 2. The summed E-state index contributed by atoms with van der Waals surface area (Å²) in [5.74, 6) is 1.26. The Morgan fingerprint density at radius 3 is 1.36 bits per heavy atom. The minimum Gasteiger partial charge on any atom is -0.457 e. The van der Waals surface area contributed by atoms with Crippen LogP contribution in [0.25, 0.3) is 121 Å². The van der Waals surface area contributed by atoms with Crippen LogP contribution in [0.2, 0.25) is 0 Å². The highest BCUT2D eigenvalue weighted by molar-refractivity contribution is 6.13. The van der Waals surface area contributed by atoms with E-state index in [1.165, 1.54) is 44.5 Å². The highest BCUT2D eigenvalue weighted by Crippen LogP contribution is 2.64. The number of rotatable bonds is 5. The second-order valence-electron chi connectivity index (χ2n) is 25.5. The maximum Gasteiger partial charge on any atom is 0.188 e. The molecule has 9 heteroatoms. The number of aromatic nitrogens is 6. The summed E-state index contributed by atoms with van der Waals surface area (Å²) in [6.07, 6.45) is 8.06. The molecule has 438 valence electrons. The maximum absolute atomic E-state index is 9.99. The summed E-state index contributed by atoms with van der Waals surface area (Å²) in [4.78, 5) is 20.0. The van der Waals surface area contributed by atoms with Gasteiger partial charge in [0.2, 0.25) is 0 Å². The Kier molecular flexibility index (Phi) is 10.4. The van der Waals surface area contributed by atoms with Gasteiger partial charge in [-0.1, -0.05) is 152 Å². The first-order valence-corrected chi connectivity index (χ1v) is 32.1. The fourth-order valence-corrected chi connectivity index (χ4v) is 17.2. The molecule has 0 amide bonds. The average Bonchev–Trinajstić information content (AvgIpc) is 1.56. The van der Waals surface area contributed by atoms with E-state index in [0.29, 0.717) is 22.7 Å². The summed E-state index contributed by atoms with van der Waals surface area (Å²) in [6.45, 7) is 8.01. The molecule has 0 saturated heterocycles. The van der Waals surface area contributed by atoms with Gasteiger partial charge in [-0.3, -0.25) is 15.0 Å². The zero-order valence-electron chi connectivity index (χ0n) is 50.7. The molecular formula is C86H48N8O. The highest BCUT2D eigenvalue weighted by Gasteiger charge is 2.54. The van der Waals surface area contributed by atoms with Crippen LogP contribution in [-0.2, 0) is 5.41 Å². The number of pyridine rings is 3. The molecule has 0 bridgehead atoms. The first-order chi connectivity index (χ1) is 47.0. The SMILES string of the molecule is [C-]#[N+]c1ccc2c(c1)c1ccccc1n2-c1ccc2c(c1)Oc1cc(-n3c4ccc(-n5c6ccccc6c6cc(C#N)ccc65)cc4c4ccncc43)ccc1C21c2cc(C3c4ccccc4-c4ccccc43)cnc2-c2ncc(C3c4ccccc4-c4ccccc43)cc21. The molecule has 17 aromatic rings. The summed E-state index contributed by atoms with van der Waals surface area (Å²) in [7, 11) is 0. The largest absolute Gasteiger partial charge is 0.457 e. The Morgan fingerprint density at radius 1 is 0.389 bits per heavy atom. The van der Waals surface area contributed by atoms with Crippen LogP contribution >= 0.6 is 0 Å². The third kappa shape index (κ3) is 6.89. The molecule has 6 aromatic heterocycles. The van der Waals surface area contributed by atoms with E-state index in [2.05, 4.69) is 268 Å². The molecule has 0 atom stereocenters. The molecule has 95 heavy (non-hydrogen) atoms. The number of nitriles is 1. The van der Waals surface area contributed by atoms with Gasteiger partial charge in [-0.15, -0.1) is 0 Å². The maximum atomic E-state index is 9.99. The molecule has 3 aliphatic carbocycles. The fourth-order valence-electron chi connectivity index (χ4n) is 17.2. The lowest BCUT2D eigenvalue weighted by Gasteiger charge is -2.40. The Labute approximate surface area is 544 Å². The van der Waals surface area contributed by atoms with Crippen molar-refractivity contribution in [2.45, 2.75) is 17.3 Å². The zero-order valence-corrected chi connectivity index (χ0v) is 50.7. The third-order valence-corrected chi connectivity index (χ3v) is 21.1. The van der Waals surface area contributed by atoms with Gasteiger partial charge in [-0.05, 0) is 152 Å². The van der Waals surface area contributed by atoms with Crippen molar-refractivity contribution in [2.24, 2.45) is 0 Å². The minimum atomic E-state index is -1.02. The molecule has 0 saturated carbocycles. The average molecular weight is 1210 g/mol. The van der Waals surface area contributed by atoms with Gasteiger partial charge in [-0.25, -0.2) is 4.85 Å². The fraction of sp³-hybridized carbons (Fsp3) is 0.0349. The van der Waals surface area contributed by atoms with Crippen LogP contribution in [0.3, 0.4) is 0 Å². The first-order valence-electron chi connectivity index (χ1n) is 32.1. The molecule has 1 spiro atoms. The van der Waals surface area contributed by atoms with Crippen molar-refractivity contribution in [3.63, 3.8) is 0 Å². The molecule has 21 rings (SSSR count). The summed E-state index contributed by atoms with van der Waals surface area (Å²) in [6, 6.07) is 93.9. The topological polar surface area (TPSA) is 90.8 Å². The van der Waals surface area contributed by atoms with Crippen LogP contribution in [0.4, 0.5) is 5.69 Å². The summed E-state index contributed by atoms with van der Waals surface area (Å²) in [5.41, 5.74) is 27.0. The zero-order chi connectivity index (χ0) is 62.4. The lowest BCUT2D eigenvalue weighted by atomic mass is 9.65. The number of ether oxygens (including phenoxy) is 1. The van der Waals surface area contributed by atoms with Crippen molar-refractivity contribution in [3.05, 3.63) is 352 Å². The molecule has 11 aromatic carbocycles. The van der Waals surface area contributed by atoms with Crippen LogP contribution < -0.4 is 4.74 Å². The Morgan fingerprint density at radius 2 is 0.821 bits per heavy atom. The molecular weight excluding hydrogens is 1160 g/mol. The summed E-state index contributed by atoms with van der Waals surface area (Å²) < 4.78 is 14.7. The predicted molar refractivity (Wildman–Crippen MR) is 377 cm³/mol. The number of benzene rings is 11. The van der Waals surface area contributed by atoms with Gasteiger partial charge in [0.25, 0.3) is 0 Å². The van der Waals surface area contributed by atoms with E-state index in [-0.39, 0.29) is 11.8 Å². The quantitative estimate of drug-likeness (QED) is 0.160. The van der Waals surface area contributed by atoms with Crippen molar-refractivity contribution < 1.29 is 4.74 Å². The Balaban J connectivity index is 0.835. The third-order valence-electron chi connectivity index (χ3n) is 21.1. The van der Waals surface area contributed by atoms with E-state index in [4.69, 9.17) is 26.3 Å². The van der Waals surface area contributed by atoms with Crippen molar-refractivity contribution in [3.8, 4) is 68.3 Å². The van der Waals surface area contributed by atoms with E-state index in [1.54, 1.807) is 0 Å². The van der Waals surface area contributed by atoms with Crippen molar-refractivity contribution in [2.75, 3.05) is 0 Å². The summed E-state index contributed by atoms with van der Waals surface area (Å²) >= 11 is 0. The van der Waals surface area contributed by atoms with Crippen molar-refractivity contribution in [1.82, 2.24) is 28.7 Å². The lowest BCUT2D eigenvalue weighted by molar-refractivity contribution is 0.435. The van der Waals surface area contributed by atoms with Crippen molar-refractivity contribution >= 4 is 71.1 Å². The lowest BCUT2D eigenvalue weighted by Crippen LogP contribution is -2.33. The minimum absolute atomic E-state index is 0.0750. The molecule has 0 fully saturated rings. The Hall–Kier alpha value is -13.0. The molecule has 7 heterocycles. The Bertz CT molecular complexity index is 6170. The van der Waals surface area contributed by atoms with E-state index < -0.39 is 5.41 Å². The van der Waals surface area contributed by atoms with Crippen LogP contribution in [0.5, 0.6) is 11.5 Å². The molecule has 0 radical (unpaired) electrons. The van der Waals surface area contributed by atoms with Crippen LogP contribution in [-0.4, -0.2) is 28.7 Å². The van der Waals surface area contributed by atoms with Crippen LogP contribution in [0, 0.1) is 17.9 Å². The van der Waals surface area contributed by atoms with E-state index in [0.717, 1.165) is 127 Å². The van der Waals surface area contributed by atoms with Gasteiger partial charge in [0.1, 0.15) is 11.5 Å². The van der Waals surface area contributed by atoms with Gasteiger partial charge in [0.05, 0.1) is 74.3 Å². The molecule has 1 aliphatic heterocycles. The second kappa shape index (κ2) is 19.1. The molecule has 0 N–H and O–H groups in total. The normalized spacial score (nSPS) is 13.7. The van der Waals surface area contributed by atoms with Crippen molar-refractivity contribution in [1.29, 1.82) is 5.26 Å². The first kappa shape index (κ1) is 51.8. The van der Waals surface area contributed by atoms with E-state index >= 15 is 0 Å². The summed E-state index contributed by atoms with van der Waals surface area (Å²) in [5, 5.41) is 16.3. The van der Waals surface area contributed by atoms with E-state index in [1.807, 2.05) is 36.7 Å². The van der Waals surface area contributed by atoms with Gasteiger partial charge < -0.3 is 18.4 Å². The van der Waals surface area contributed by atoms with Crippen LogP contribution in [0.15, 0.2) is 280 Å². The number of hydrogen-bond donors (Lipinski definition) is 0. The van der Waals surface area contributed by atoms with Gasteiger partial charge in [0, 0.05) is 109 Å². The number of nitrogens with zero attached hydrogens (tertiary/aromatic N) is 8. The molecule has 9 nitrogen and oxygen atoms in total. The highest BCUT2D eigenvalue weighted by atomic mass is 16.5. The van der Waals surface area contributed by atoms with Gasteiger partial charge >= 0.3 is 0 Å². The van der Waals surface area contributed by atoms with Gasteiger partial charge in [-0.2, -0.15) is 5.26 Å². The smallest absolute Gasteiger partial charge is 0.188 e. The number of fused-ring (bicyclic) bond motifs is 24. The monoisotopic (exact) mass is 1210 g/mol. The van der Waals surface area contributed by atoms with E-state index in [9.17, 15) is 5.26 Å². The van der Waals surface area contributed by atoms with Crippen LogP contribution in [0.1, 0.15) is 73.0 Å².